The van der Waals surface area contributed by atoms with Gasteiger partial charge in [-0.15, -0.1) is 0 Å². The molecule has 2 aromatic rings. The molecule has 6 nitrogen and oxygen atoms in total. The molecule has 7 heteroatoms. The van der Waals surface area contributed by atoms with Crippen molar-refractivity contribution in [1.82, 2.24) is 14.8 Å². The van der Waals surface area contributed by atoms with Gasteiger partial charge in [-0.3, -0.25) is 9.69 Å². The Labute approximate surface area is 165 Å². The van der Waals surface area contributed by atoms with E-state index >= 15 is 0 Å². The third kappa shape index (κ3) is 4.25. The maximum atomic E-state index is 14.0. The standard InChI is InChI=1S/C21H26FN5O/c22-18-5-1-2-6-19(18)25-11-9-24(10-12-25)17-21(28)27-15-13-26(14-16-27)20-7-3-4-8-23-20/h1-8H,9-17H2. The number of nitrogens with zero attached hydrogens (tertiary/aromatic N) is 5. The van der Waals surface area contributed by atoms with E-state index < -0.39 is 0 Å². The minimum absolute atomic E-state index is 0.181. The van der Waals surface area contributed by atoms with E-state index in [2.05, 4.69) is 19.7 Å². The number of hydrogen-bond acceptors (Lipinski definition) is 5. The monoisotopic (exact) mass is 383 g/mol. The Balaban J connectivity index is 1.24. The topological polar surface area (TPSA) is 42.9 Å². The maximum Gasteiger partial charge on any atom is 0.236 e. The average Bonchev–Trinajstić information content (AvgIpc) is 2.75. The van der Waals surface area contributed by atoms with Gasteiger partial charge in [0.1, 0.15) is 11.6 Å². The van der Waals surface area contributed by atoms with Crippen LogP contribution in [-0.2, 0) is 4.79 Å². The second-order valence-corrected chi connectivity index (χ2v) is 7.27. The van der Waals surface area contributed by atoms with Crippen molar-refractivity contribution < 1.29 is 9.18 Å². The molecule has 2 aliphatic heterocycles. The number of carbonyl (C=O) groups excluding carboxylic acids is 1. The lowest BCUT2D eigenvalue weighted by atomic mass is 10.2. The SMILES string of the molecule is O=C(CN1CCN(c2ccccc2F)CC1)N1CCN(c2ccccn2)CC1. The lowest BCUT2D eigenvalue weighted by molar-refractivity contribution is -0.132. The van der Waals surface area contributed by atoms with E-state index in [1.54, 1.807) is 12.3 Å². The first-order valence-corrected chi connectivity index (χ1v) is 9.86. The van der Waals surface area contributed by atoms with Gasteiger partial charge in [0, 0.05) is 58.6 Å². The van der Waals surface area contributed by atoms with Gasteiger partial charge in [0.2, 0.25) is 5.91 Å². The van der Waals surface area contributed by atoms with E-state index in [-0.39, 0.29) is 11.7 Å². The summed E-state index contributed by atoms with van der Waals surface area (Å²) in [5, 5.41) is 0. The van der Waals surface area contributed by atoms with E-state index in [0.29, 0.717) is 12.2 Å². The van der Waals surface area contributed by atoms with Crippen LogP contribution in [0.2, 0.25) is 0 Å². The van der Waals surface area contributed by atoms with E-state index in [0.717, 1.165) is 58.2 Å². The molecule has 3 heterocycles. The highest BCUT2D eigenvalue weighted by Crippen LogP contribution is 2.20. The van der Waals surface area contributed by atoms with Gasteiger partial charge in [-0.2, -0.15) is 0 Å². The van der Waals surface area contributed by atoms with Crippen molar-refractivity contribution in [3.05, 3.63) is 54.5 Å². The Bertz CT molecular complexity index is 786. The summed E-state index contributed by atoms with van der Waals surface area (Å²) >= 11 is 0. The molecule has 1 aromatic carbocycles. The summed E-state index contributed by atoms with van der Waals surface area (Å²) in [5.74, 6) is 0.969. The molecule has 1 amide bonds. The summed E-state index contributed by atoms with van der Waals surface area (Å²) in [4.78, 5) is 25.5. The van der Waals surface area contributed by atoms with Gasteiger partial charge in [-0.05, 0) is 24.3 Å². The highest BCUT2D eigenvalue weighted by atomic mass is 19.1. The molecule has 0 saturated carbocycles. The Morgan fingerprint density at radius 2 is 1.54 bits per heavy atom. The van der Waals surface area contributed by atoms with E-state index in [1.165, 1.54) is 6.07 Å². The van der Waals surface area contributed by atoms with Crippen molar-refractivity contribution in [2.45, 2.75) is 0 Å². The largest absolute Gasteiger partial charge is 0.367 e. The lowest BCUT2D eigenvalue weighted by Crippen LogP contribution is -2.54. The van der Waals surface area contributed by atoms with Crippen LogP contribution in [0.15, 0.2) is 48.7 Å². The van der Waals surface area contributed by atoms with Gasteiger partial charge >= 0.3 is 0 Å². The first-order chi connectivity index (χ1) is 13.7. The summed E-state index contributed by atoms with van der Waals surface area (Å²) < 4.78 is 14.0. The number of carbonyl (C=O) groups is 1. The van der Waals surface area contributed by atoms with Crippen LogP contribution in [0, 0.1) is 5.82 Å². The molecular formula is C21H26FN5O. The van der Waals surface area contributed by atoms with Crippen LogP contribution in [-0.4, -0.2) is 79.6 Å². The third-order valence-corrected chi connectivity index (χ3v) is 5.53. The first-order valence-electron chi connectivity index (χ1n) is 9.86. The normalized spacial score (nSPS) is 18.4. The van der Waals surface area contributed by atoms with Crippen LogP contribution < -0.4 is 9.80 Å². The highest BCUT2D eigenvalue weighted by molar-refractivity contribution is 5.78. The molecule has 0 atom stereocenters. The van der Waals surface area contributed by atoms with Gasteiger partial charge in [0.25, 0.3) is 0 Å². The van der Waals surface area contributed by atoms with E-state index in [4.69, 9.17) is 0 Å². The van der Waals surface area contributed by atoms with Crippen LogP contribution >= 0.6 is 0 Å². The number of para-hydroxylation sites is 1. The minimum Gasteiger partial charge on any atom is -0.367 e. The number of hydrogen-bond donors (Lipinski definition) is 0. The van der Waals surface area contributed by atoms with Crippen LogP contribution in [0.1, 0.15) is 0 Å². The van der Waals surface area contributed by atoms with Crippen LogP contribution in [0.25, 0.3) is 0 Å². The molecule has 2 aliphatic rings. The molecule has 0 N–H and O–H groups in total. The van der Waals surface area contributed by atoms with Gasteiger partial charge in [-0.1, -0.05) is 18.2 Å². The average molecular weight is 383 g/mol. The number of pyridine rings is 1. The van der Waals surface area contributed by atoms with E-state index in [1.807, 2.05) is 35.2 Å². The number of amides is 1. The highest BCUT2D eigenvalue weighted by Gasteiger charge is 2.25. The number of piperazine rings is 2. The molecule has 0 bridgehead atoms. The van der Waals surface area contributed by atoms with Crippen LogP contribution in [0.3, 0.4) is 0 Å². The molecule has 4 rings (SSSR count). The zero-order valence-corrected chi connectivity index (χ0v) is 16.0. The van der Waals surface area contributed by atoms with E-state index in [9.17, 15) is 9.18 Å². The zero-order valence-electron chi connectivity index (χ0n) is 16.0. The van der Waals surface area contributed by atoms with Crippen molar-refractivity contribution in [1.29, 1.82) is 0 Å². The number of halogens is 1. The fraction of sp³-hybridized carbons (Fsp3) is 0.429. The second kappa shape index (κ2) is 8.56. The third-order valence-electron chi connectivity index (χ3n) is 5.53. The van der Waals surface area contributed by atoms with Gasteiger partial charge in [-0.25, -0.2) is 9.37 Å². The quantitative estimate of drug-likeness (QED) is 0.804. The fourth-order valence-corrected chi connectivity index (χ4v) is 3.87. The molecule has 1 aromatic heterocycles. The van der Waals surface area contributed by atoms with Crippen molar-refractivity contribution in [2.75, 3.05) is 68.7 Å². The number of benzene rings is 1. The number of aromatic nitrogens is 1. The smallest absolute Gasteiger partial charge is 0.236 e. The van der Waals surface area contributed by atoms with Crippen LogP contribution in [0.4, 0.5) is 15.9 Å². The predicted molar refractivity (Wildman–Crippen MR) is 108 cm³/mol. The first kappa shape index (κ1) is 18.7. The lowest BCUT2D eigenvalue weighted by Gasteiger charge is -2.38. The van der Waals surface area contributed by atoms with Gasteiger partial charge < -0.3 is 14.7 Å². The van der Waals surface area contributed by atoms with Crippen molar-refractivity contribution in [3.63, 3.8) is 0 Å². The molecule has 0 aliphatic carbocycles. The summed E-state index contributed by atoms with van der Waals surface area (Å²) in [6, 6.07) is 12.8. The Morgan fingerprint density at radius 3 is 2.21 bits per heavy atom. The number of anilines is 2. The molecule has 2 fully saturated rings. The molecule has 0 spiro atoms. The summed E-state index contributed by atoms with van der Waals surface area (Å²) in [7, 11) is 0. The number of rotatable bonds is 4. The Hall–Kier alpha value is -2.67. The fourth-order valence-electron chi connectivity index (χ4n) is 3.87. The van der Waals surface area contributed by atoms with Crippen molar-refractivity contribution >= 4 is 17.4 Å². The van der Waals surface area contributed by atoms with Gasteiger partial charge in [0.05, 0.1) is 12.2 Å². The van der Waals surface area contributed by atoms with Gasteiger partial charge in [0.15, 0.2) is 0 Å². The molecule has 2 saturated heterocycles. The van der Waals surface area contributed by atoms with Crippen LogP contribution in [0.5, 0.6) is 0 Å². The second-order valence-electron chi connectivity index (χ2n) is 7.27. The maximum absolute atomic E-state index is 14.0. The summed E-state index contributed by atoms with van der Waals surface area (Å²) in [6.45, 7) is 6.53. The minimum atomic E-state index is -0.183. The summed E-state index contributed by atoms with van der Waals surface area (Å²) in [6.07, 6.45) is 1.80. The molecular weight excluding hydrogens is 357 g/mol. The predicted octanol–water partition coefficient (Wildman–Crippen LogP) is 1.69. The molecule has 148 valence electrons. The zero-order chi connectivity index (χ0) is 19.3. The molecule has 28 heavy (non-hydrogen) atoms. The summed E-state index contributed by atoms with van der Waals surface area (Å²) in [5.41, 5.74) is 0.652. The Kier molecular flexibility index (Phi) is 5.71. The van der Waals surface area contributed by atoms with Crippen molar-refractivity contribution in [2.24, 2.45) is 0 Å². The molecule has 0 radical (unpaired) electrons. The Morgan fingerprint density at radius 1 is 0.857 bits per heavy atom. The molecule has 0 unspecified atom stereocenters. The van der Waals surface area contributed by atoms with Crippen molar-refractivity contribution in [3.8, 4) is 0 Å².